The van der Waals surface area contributed by atoms with Crippen LogP contribution in [0.2, 0.25) is 0 Å². The third kappa shape index (κ3) is 6.38. The van der Waals surface area contributed by atoms with Crippen molar-refractivity contribution in [3.63, 3.8) is 0 Å². The van der Waals surface area contributed by atoms with E-state index in [9.17, 15) is 22.7 Å². The second-order valence-electron chi connectivity index (χ2n) is 4.88. The quantitative estimate of drug-likeness (QED) is 0.774. The van der Waals surface area contributed by atoms with Crippen molar-refractivity contribution in [2.75, 3.05) is 0 Å². The van der Waals surface area contributed by atoms with Crippen LogP contribution < -0.4 is 0 Å². The smallest absolute Gasteiger partial charge is 0.389 e. The molecule has 0 aliphatic carbocycles. The van der Waals surface area contributed by atoms with Gasteiger partial charge in [0.05, 0.1) is 5.60 Å². The largest absolute Gasteiger partial charge is 0.390 e. The van der Waals surface area contributed by atoms with Crippen LogP contribution in [-0.4, -0.2) is 16.9 Å². The molecule has 1 aromatic rings. The summed E-state index contributed by atoms with van der Waals surface area (Å²) in [5, 5.41) is 10.1. The Labute approximate surface area is 117 Å². The van der Waals surface area contributed by atoms with E-state index < -0.39 is 24.0 Å². The normalized spacial score (nSPS) is 15.3. The van der Waals surface area contributed by atoms with Crippen LogP contribution in [0, 0.1) is 5.82 Å². The van der Waals surface area contributed by atoms with Crippen LogP contribution in [0.15, 0.2) is 22.7 Å². The Kier molecular flexibility index (Phi) is 5.38. The van der Waals surface area contributed by atoms with Crippen LogP contribution in [0.1, 0.15) is 31.7 Å². The van der Waals surface area contributed by atoms with Gasteiger partial charge in [0.15, 0.2) is 0 Å². The summed E-state index contributed by atoms with van der Waals surface area (Å²) in [7, 11) is 0. The molecule has 6 heteroatoms. The van der Waals surface area contributed by atoms with E-state index >= 15 is 0 Å². The number of rotatable bonds is 5. The second kappa shape index (κ2) is 6.22. The van der Waals surface area contributed by atoms with E-state index in [1.165, 1.54) is 25.1 Å². The molecule has 0 saturated carbocycles. The SMILES string of the molecule is CC(O)(CCCC(F)(F)F)Cc1cc(F)ccc1Br. The molecule has 0 aromatic heterocycles. The van der Waals surface area contributed by atoms with Gasteiger partial charge in [-0.15, -0.1) is 0 Å². The second-order valence-corrected chi connectivity index (χ2v) is 5.73. The molecule has 0 bridgehead atoms. The lowest BCUT2D eigenvalue weighted by atomic mass is 9.91. The molecule has 0 saturated heterocycles. The van der Waals surface area contributed by atoms with Gasteiger partial charge in [-0.3, -0.25) is 0 Å². The molecule has 0 heterocycles. The van der Waals surface area contributed by atoms with E-state index in [0.29, 0.717) is 10.0 Å². The molecule has 1 atom stereocenters. The van der Waals surface area contributed by atoms with Gasteiger partial charge < -0.3 is 5.11 Å². The first-order valence-electron chi connectivity index (χ1n) is 5.82. The molecule has 19 heavy (non-hydrogen) atoms. The van der Waals surface area contributed by atoms with E-state index in [-0.39, 0.29) is 19.3 Å². The van der Waals surface area contributed by atoms with Gasteiger partial charge >= 0.3 is 6.18 Å². The number of aliphatic hydroxyl groups is 1. The maximum Gasteiger partial charge on any atom is 0.389 e. The van der Waals surface area contributed by atoms with Crippen molar-refractivity contribution in [1.82, 2.24) is 0 Å². The lowest BCUT2D eigenvalue weighted by molar-refractivity contribution is -0.137. The summed E-state index contributed by atoms with van der Waals surface area (Å²) in [6, 6.07) is 4.05. The van der Waals surface area contributed by atoms with Gasteiger partial charge in [0, 0.05) is 17.3 Å². The first-order chi connectivity index (χ1) is 8.59. The van der Waals surface area contributed by atoms with Crippen LogP contribution in [0.5, 0.6) is 0 Å². The van der Waals surface area contributed by atoms with Crippen LogP contribution in [0.3, 0.4) is 0 Å². The minimum absolute atomic E-state index is 0.00939. The average Bonchev–Trinajstić information content (AvgIpc) is 2.20. The van der Waals surface area contributed by atoms with Crippen LogP contribution in [0.25, 0.3) is 0 Å². The highest BCUT2D eigenvalue weighted by atomic mass is 79.9. The van der Waals surface area contributed by atoms with Gasteiger partial charge in [-0.05, 0) is 43.5 Å². The number of alkyl halides is 3. The fourth-order valence-corrected chi connectivity index (χ4v) is 2.23. The Morgan fingerprint density at radius 1 is 1.21 bits per heavy atom. The fourth-order valence-electron chi connectivity index (χ4n) is 1.85. The third-order valence-electron chi connectivity index (χ3n) is 2.75. The molecule has 0 radical (unpaired) electrons. The van der Waals surface area contributed by atoms with Gasteiger partial charge in [0.25, 0.3) is 0 Å². The van der Waals surface area contributed by atoms with E-state index in [1.54, 1.807) is 0 Å². The Morgan fingerprint density at radius 3 is 2.42 bits per heavy atom. The fraction of sp³-hybridized carbons (Fsp3) is 0.538. The van der Waals surface area contributed by atoms with Gasteiger partial charge in [-0.25, -0.2) is 4.39 Å². The Balaban J connectivity index is 2.61. The van der Waals surface area contributed by atoms with Crippen LogP contribution in [0.4, 0.5) is 17.6 Å². The molecular weight excluding hydrogens is 328 g/mol. The van der Waals surface area contributed by atoms with Crippen molar-refractivity contribution in [3.05, 3.63) is 34.1 Å². The minimum Gasteiger partial charge on any atom is -0.390 e. The number of benzene rings is 1. The summed E-state index contributed by atoms with van der Waals surface area (Å²) < 4.78 is 49.8. The molecular formula is C13H15BrF4O. The van der Waals surface area contributed by atoms with Gasteiger partial charge in [0.1, 0.15) is 5.82 Å². The average molecular weight is 343 g/mol. The lowest BCUT2D eigenvalue weighted by Gasteiger charge is -2.24. The van der Waals surface area contributed by atoms with E-state index in [1.807, 2.05) is 0 Å². The Bertz CT molecular complexity index is 429. The summed E-state index contributed by atoms with van der Waals surface area (Å²) in [4.78, 5) is 0. The van der Waals surface area contributed by atoms with Crippen molar-refractivity contribution >= 4 is 15.9 Å². The predicted octanol–water partition coefficient (Wildman–Crippen LogP) is 4.61. The Hall–Kier alpha value is -0.620. The molecule has 1 aromatic carbocycles. The topological polar surface area (TPSA) is 20.2 Å². The zero-order valence-electron chi connectivity index (χ0n) is 10.4. The zero-order valence-corrected chi connectivity index (χ0v) is 12.0. The number of hydrogen-bond donors (Lipinski definition) is 1. The van der Waals surface area contributed by atoms with Crippen molar-refractivity contribution < 1.29 is 22.7 Å². The van der Waals surface area contributed by atoms with E-state index in [4.69, 9.17) is 0 Å². The highest BCUT2D eigenvalue weighted by Gasteiger charge is 2.29. The third-order valence-corrected chi connectivity index (χ3v) is 3.53. The molecule has 1 N–H and O–H groups in total. The van der Waals surface area contributed by atoms with Gasteiger partial charge in [0.2, 0.25) is 0 Å². The molecule has 0 fully saturated rings. The van der Waals surface area contributed by atoms with Crippen molar-refractivity contribution in [2.24, 2.45) is 0 Å². The summed E-state index contributed by atoms with van der Waals surface area (Å²) in [6.45, 7) is 1.46. The number of halogens is 5. The molecule has 108 valence electrons. The lowest BCUT2D eigenvalue weighted by Crippen LogP contribution is -2.28. The first kappa shape index (κ1) is 16.4. The summed E-state index contributed by atoms with van der Waals surface area (Å²) in [5.41, 5.74) is -0.751. The minimum atomic E-state index is -4.21. The zero-order chi connectivity index (χ0) is 14.7. The van der Waals surface area contributed by atoms with Crippen molar-refractivity contribution in [3.8, 4) is 0 Å². The van der Waals surface area contributed by atoms with Crippen molar-refractivity contribution in [1.29, 1.82) is 0 Å². The van der Waals surface area contributed by atoms with Gasteiger partial charge in [-0.1, -0.05) is 15.9 Å². The highest BCUT2D eigenvalue weighted by Crippen LogP contribution is 2.28. The van der Waals surface area contributed by atoms with Gasteiger partial charge in [-0.2, -0.15) is 13.2 Å². The molecule has 0 aliphatic rings. The molecule has 1 unspecified atom stereocenters. The highest BCUT2D eigenvalue weighted by molar-refractivity contribution is 9.10. The molecule has 0 aliphatic heterocycles. The van der Waals surface area contributed by atoms with Crippen LogP contribution >= 0.6 is 15.9 Å². The van der Waals surface area contributed by atoms with Crippen LogP contribution in [-0.2, 0) is 6.42 Å². The van der Waals surface area contributed by atoms with E-state index in [0.717, 1.165) is 0 Å². The summed E-state index contributed by atoms with van der Waals surface area (Å²) in [5.74, 6) is -0.440. The predicted molar refractivity (Wildman–Crippen MR) is 68.3 cm³/mol. The summed E-state index contributed by atoms with van der Waals surface area (Å²) >= 11 is 3.23. The standard InChI is InChI=1S/C13H15BrF4O/c1-12(19,5-2-6-13(16,17)18)8-9-7-10(15)3-4-11(9)14/h3-4,7,19H,2,5-6,8H2,1H3. The maximum atomic E-state index is 13.1. The maximum absolute atomic E-state index is 13.1. The van der Waals surface area contributed by atoms with E-state index in [2.05, 4.69) is 15.9 Å². The Morgan fingerprint density at radius 2 is 1.84 bits per heavy atom. The number of hydrogen-bond acceptors (Lipinski definition) is 1. The molecule has 1 nitrogen and oxygen atoms in total. The molecule has 0 spiro atoms. The van der Waals surface area contributed by atoms with Crippen molar-refractivity contribution in [2.45, 2.75) is 44.4 Å². The molecule has 1 rings (SSSR count). The molecule has 0 amide bonds. The monoisotopic (exact) mass is 342 g/mol. The first-order valence-corrected chi connectivity index (χ1v) is 6.61. The summed E-state index contributed by atoms with van der Waals surface area (Å²) in [6.07, 6.45) is -5.18.